The van der Waals surface area contributed by atoms with Crippen LogP contribution in [0.3, 0.4) is 0 Å². The van der Waals surface area contributed by atoms with Crippen molar-refractivity contribution < 1.29 is 14.3 Å². The van der Waals surface area contributed by atoms with Crippen LogP contribution in [0.1, 0.15) is 59.6 Å². The number of hydrogen-bond donors (Lipinski definition) is 1. The summed E-state index contributed by atoms with van der Waals surface area (Å²) in [7, 11) is 0. The highest BCUT2D eigenvalue weighted by molar-refractivity contribution is 5.99. The number of aliphatic hydroxyl groups excluding tert-OH is 1. The summed E-state index contributed by atoms with van der Waals surface area (Å²) in [4.78, 5) is 27.9. The molecule has 0 unspecified atom stereocenters. The molecule has 29 heavy (non-hydrogen) atoms. The van der Waals surface area contributed by atoms with Crippen molar-refractivity contribution in [3.8, 4) is 0 Å². The maximum Gasteiger partial charge on any atom is 0.290 e. The van der Waals surface area contributed by atoms with Gasteiger partial charge >= 0.3 is 0 Å². The molecule has 0 saturated carbocycles. The standard InChI is InChI=1S/C24H25NO4/c1-14-5-10-18-17(13-14)21(27)19-20(25(11-12-26)23(28)22(19)29-18)15-6-8-16(9-7-15)24(2,3)4/h5-10,13,20,26H,11-12H2,1-4H3/t20-/m1/s1. The normalized spacial score (nSPS) is 16.5. The Kier molecular flexibility index (Phi) is 4.58. The van der Waals surface area contributed by atoms with Crippen LogP contribution in [0.15, 0.2) is 51.7 Å². The number of aliphatic hydroxyl groups is 1. The van der Waals surface area contributed by atoms with Crippen molar-refractivity contribution in [2.45, 2.75) is 39.2 Å². The van der Waals surface area contributed by atoms with Gasteiger partial charge < -0.3 is 14.4 Å². The predicted octanol–water partition coefficient (Wildman–Crippen LogP) is 3.94. The molecule has 0 spiro atoms. The van der Waals surface area contributed by atoms with E-state index in [4.69, 9.17) is 4.42 Å². The first-order chi connectivity index (χ1) is 13.7. The monoisotopic (exact) mass is 391 g/mol. The van der Waals surface area contributed by atoms with Crippen molar-refractivity contribution in [2.24, 2.45) is 0 Å². The molecule has 5 nitrogen and oxygen atoms in total. The molecular formula is C24H25NO4. The van der Waals surface area contributed by atoms with E-state index in [2.05, 4.69) is 20.8 Å². The third-order valence-electron chi connectivity index (χ3n) is 5.55. The molecule has 2 heterocycles. The molecule has 1 aliphatic rings. The van der Waals surface area contributed by atoms with Crippen LogP contribution < -0.4 is 5.43 Å². The van der Waals surface area contributed by atoms with Crippen LogP contribution in [0.2, 0.25) is 0 Å². The largest absolute Gasteiger partial charge is 0.450 e. The summed E-state index contributed by atoms with van der Waals surface area (Å²) >= 11 is 0. The molecule has 4 rings (SSSR count). The van der Waals surface area contributed by atoms with Gasteiger partial charge in [-0.1, -0.05) is 56.7 Å². The summed E-state index contributed by atoms with van der Waals surface area (Å²) in [6, 6.07) is 12.8. The number of nitrogens with zero attached hydrogens (tertiary/aromatic N) is 1. The predicted molar refractivity (Wildman–Crippen MR) is 112 cm³/mol. The molecule has 150 valence electrons. The zero-order valence-corrected chi connectivity index (χ0v) is 17.2. The molecule has 1 atom stereocenters. The number of β-amino-alcohol motifs (C(OH)–C–C–N with tert-alkyl or cyclic N) is 1. The average Bonchev–Trinajstić information content (AvgIpc) is 2.95. The lowest BCUT2D eigenvalue weighted by atomic mass is 9.86. The number of carbonyl (C=O) groups excluding carboxylic acids is 1. The minimum absolute atomic E-state index is 0.000521. The topological polar surface area (TPSA) is 70.8 Å². The van der Waals surface area contributed by atoms with Crippen molar-refractivity contribution in [1.82, 2.24) is 4.90 Å². The zero-order valence-electron chi connectivity index (χ0n) is 17.2. The molecule has 1 aliphatic heterocycles. The maximum atomic E-state index is 13.4. The molecule has 1 N–H and O–H groups in total. The molecule has 0 fully saturated rings. The van der Waals surface area contributed by atoms with Gasteiger partial charge in [-0.05, 0) is 35.6 Å². The Morgan fingerprint density at radius 2 is 1.76 bits per heavy atom. The van der Waals surface area contributed by atoms with Crippen LogP contribution in [0.25, 0.3) is 11.0 Å². The van der Waals surface area contributed by atoms with Gasteiger partial charge in [-0.3, -0.25) is 9.59 Å². The zero-order chi connectivity index (χ0) is 20.9. The Hall–Kier alpha value is -2.92. The Balaban J connectivity index is 1.94. The fourth-order valence-electron chi connectivity index (χ4n) is 3.98. The summed E-state index contributed by atoms with van der Waals surface area (Å²) < 4.78 is 5.89. The lowest BCUT2D eigenvalue weighted by Crippen LogP contribution is -2.32. The lowest BCUT2D eigenvalue weighted by molar-refractivity contribution is 0.0691. The second-order valence-corrected chi connectivity index (χ2v) is 8.67. The summed E-state index contributed by atoms with van der Waals surface area (Å²) in [5.74, 6) is -0.289. The van der Waals surface area contributed by atoms with Gasteiger partial charge in [0.05, 0.1) is 23.6 Å². The molecule has 0 aliphatic carbocycles. The molecule has 0 radical (unpaired) electrons. The molecule has 1 aromatic heterocycles. The van der Waals surface area contributed by atoms with Crippen LogP contribution in [0.5, 0.6) is 0 Å². The molecule has 1 amide bonds. The molecule has 2 aromatic carbocycles. The van der Waals surface area contributed by atoms with Gasteiger partial charge in [0.1, 0.15) is 5.58 Å². The first-order valence-electron chi connectivity index (χ1n) is 9.82. The van der Waals surface area contributed by atoms with Gasteiger partial charge in [-0.25, -0.2) is 0 Å². The van der Waals surface area contributed by atoms with E-state index in [1.165, 1.54) is 10.5 Å². The fourth-order valence-corrected chi connectivity index (χ4v) is 3.98. The summed E-state index contributed by atoms with van der Waals surface area (Å²) in [6.45, 7) is 8.26. The first-order valence-corrected chi connectivity index (χ1v) is 9.82. The number of hydrogen-bond acceptors (Lipinski definition) is 4. The summed E-state index contributed by atoms with van der Waals surface area (Å²) in [6.07, 6.45) is 0. The molecule has 0 saturated heterocycles. The van der Waals surface area contributed by atoms with Crippen molar-refractivity contribution in [1.29, 1.82) is 0 Å². The van der Waals surface area contributed by atoms with Crippen molar-refractivity contribution in [3.05, 3.63) is 80.7 Å². The number of carbonyl (C=O) groups is 1. The molecule has 3 aromatic rings. The summed E-state index contributed by atoms with van der Waals surface area (Å²) in [5.41, 5.74) is 3.51. The third kappa shape index (κ3) is 3.15. The van der Waals surface area contributed by atoms with E-state index in [1.807, 2.05) is 37.3 Å². The van der Waals surface area contributed by atoms with E-state index in [-0.39, 0.29) is 35.7 Å². The van der Waals surface area contributed by atoms with Crippen molar-refractivity contribution in [3.63, 3.8) is 0 Å². The first kappa shape index (κ1) is 19.4. The highest BCUT2D eigenvalue weighted by Gasteiger charge is 2.42. The van der Waals surface area contributed by atoms with Gasteiger partial charge in [0.15, 0.2) is 5.43 Å². The van der Waals surface area contributed by atoms with Gasteiger partial charge in [-0.2, -0.15) is 0 Å². The van der Waals surface area contributed by atoms with Gasteiger partial charge in [0.25, 0.3) is 5.91 Å². The Morgan fingerprint density at radius 1 is 1.07 bits per heavy atom. The second-order valence-electron chi connectivity index (χ2n) is 8.67. The number of amides is 1. The maximum absolute atomic E-state index is 13.4. The molecule has 0 bridgehead atoms. The van der Waals surface area contributed by atoms with E-state index >= 15 is 0 Å². The number of rotatable bonds is 3. The van der Waals surface area contributed by atoms with Gasteiger partial charge in [0, 0.05) is 6.54 Å². The number of benzene rings is 2. The highest BCUT2D eigenvalue weighted by Crippen LogP contribution is 2.38. The Bertz CT molecular complexity index is 1150. The van der Waals surface area contributed by atoms with Gasteiger partial charge in [0.2, 0.25) is 5.76 Å². The second kappa shape index (κ2) is 6.85. The quantitative estimate of drug-likeness (QED) is 0.734. The van der Waals surface area contributed by atoms with E-state index < -0.39 is 6.04 Å². The third-order valence-corrected chi connectivity index (χ3v) is 5.55. The Morgan fingerprint density at radius 3 is 2.38 bits per heavy atom. The van der Waals surface area contributed by atoms with Crippen LogP contribution in [0.4, 0.5) is 0 Å². The lowest BCUT2D eigenvalue weighted by Gasteiger charge is -2.25. The molecule has 5 heteroatoms. The van der Waals surface area contributed by atoms with E-state index in [0.717, 1.165) is 11.1 Å². The minimum Gasteiger partial charge on any atom is -0.450 e. The SMILES string of the molecule is Cc1ccc2oc3c(c(=O)c2c1)[C@@H](c1ccc(C(C)(C)C)cc1)N(CCO)C3=O. The van der Waals surface area contributed by atoms with Crippen molar-refractivity contribution in [2.75, 3.05) is 13.2 Å². The average molecular weight is 391 g/mol. The molecular weight excluding hydrogens is 366 g/mol. The summed E-state index contributed by atoms with van der Waals surface area (Å²) in [5, 5.41) is 10.0. The van der Waals surface area contributed by atoms with E-state index in [9.17, 15) is 14.7 Å². The van der Waals surface area contributed by atoms with Crippen LogP contribution in [-0.4, -0.2) is 29.1 Å². The smallest absolute Gasteiger partial charge is 0.290 e. The highest BCUT2D eigenvalue weighted by atomic mass is 16.3. The van der Waals surface area contributed by atoms with E-state index in [1.54, 1.807) is 12.1 Å². The number of fused-ring (bicyclic) bond motifs is 2. The van der Waals surface area contributed by atoms with Crippen LogP contribution in [0, 0.1) is 6.92 Å². The number of aryl methyl sites for hydroxylation is 1. The van der Waals surface area contributed by atoms with Gasteiger partial charge in [-0.15, -0.1) is 0 Å². The van der Waals surface area contributed by atoms with Crippen LogP contribution in [-0.2, 0) is 5.41 Å². The van der Waals surface area contributed by atoms with Crippen LogP contribution >= 0.6 is 0 Å². The minimum atomic E-state index is -0.570. The van der Waals surface area contributed by atoms with Crippen molar-refractivity contribution >= 4 is 16.9 Å². The Labute approximate surface area is 169 Å². The van der Waals surface area contributed by atoms with E-state index in [0.29, 0.717) is 16.5 Å². The fraction of sp³-hybridized carbons (Fsp3) is 0.333.